The summed E-state index contributed by atoms with van der Waals surface area (Å²) >= 11 is 0. The van der Waals surface area contributed by atoms with Gasteiger partial charge >= 0.3 is 5.97 Å². The first-order valence-corrected chi connectivity index (χ1v) is 14.6. The molecule has 1 aromatic rings. The Bertz CT molecular complexity index is 1010. The van der Waals surface area contributed by atoms with Gasteiger partial charge in [0.05, 0.1) is 25.4 Å². The predicted octanol–water partition coefficient (Wildman–Crippen LogP) is 5.32. The number of nitrogens with zero attached hydrogens (tertiary/aromatic N) is 1. The molecule has 1 aliphatic heterocycles. The molecular weight excluding hydrogens is 466 g/mol. The van der Waals surface area contributed by atoms with Crippen LogP contribution in [-0.2, 0) is 25.5 Å². The number of hydrogen-bond acceptors (Lipinski definition) is 5. The van der Waals surface area contributed by atoms with Crippen LogP contribution >= 0.6 is 0 Å². The number of carbonyl (C=O) groups is 3. The Kier molecular flexibility index (Phi) is 8.04. The van der Waals surface area contributed by atoms with E-state index < -0.39 is 0 Å². The smallest absolute Gasteiger partial charge is 0.338 e. The van der Waals surface area contributed by atoms with Crippen molar-refractivity contribution in [2.24, 2.45) is 23.2 Å². The summed E-state index contributed by atoms with van der Waals surface area (Å²) in [6, 6.07) is 6.16. The van der Waals surface area contributed by atoms with Crippen molar-refractivity contribution in [3.63, 3.8) is 0 Å². The summed E-state index contributed by atoms with van der Waals surface area (Å²) < 4.78 is 10.8. The normalized spacial score (nSPS) is 30.9. The van der Waals surface area contributed by atoms with Gasteiger partial charge in [0.15, 0.2) is 0 Å². The van der Waals surface area contributed by atoms with E-state index in [1.54, 1.807) is 0 Å². The first kappa shape index (κ1) is 26.4. The molecule has 3 fully saturated rings. The molecule has 37 heavy (non-hydrogen) atoms. The quantitative estimate of drug-likeness (QED) is 0.350. The zero-order valence-electron chi connectivity index (χ0n) is 22.6. The van der Waals surface area contributed by atoms with E-state index in [0.29, 0.717) is 80.8 Å². The fourth-order valence-corrected chi connectivity index (χ4v) is 7.91. The van der Waals surface area contributed by atoms with Gasteiger partial charge in [-0.05, 0) is 91.9 Å². The molecule has 1 saturated heterocycles. The molecule has 1 aromatic carbocycles. The molecule has 0 N–H and O–H groups in total. The van der Waals surface area contributed by atoms with Gasteiger partial charge in [-0.25, -0.2) is 4.79 Å². The lowest BCUT2D eigenvalue weighted by Crippen LogP contribution is -2.44. The monoisotopic (exact) mass is 509 g/mol. The van der Waals surface area contributed by atoms with Crippen LogP contribution in [0.15, 0.2) is 18.2 Å². The highest BCUT2D eigenvalue weighted by Crippen LogP contribution is 2.62. The standard InChI is InChI=1S/C31H43NO5/c1-3-4-16-37-30(35)23-9-10-24-21(19-23)8-11-26-25(24)12-13-31(2)27(33)20-22(29(26)31)6-5-7-28(34)32-14-17-36-18-15-32/h9-10,19,22,25-26,29H,3-8,11-18,20H2,1-2H3/t22-,25+,26+,29-,31+/m0/s1. The van der Waals surface area contributed by atoms with Crippen LogP contribution in [0.25, 0.3) is 0 Å². The SMILES string of the molecule is CCCCOC(=O)c1ccc2c(c1)CC[C@H]1[C@@H]3[C@@H](CCCC(=O)N4CCOCC4)CC(=O)[C@@]3(C)CC[C@H]21. The number of fused-ring (bicyclic) bond motifs is 5. The van der Waals surface area contributed by atoms with Crippen molar-refractivity contribution in [2.75, 3.05) is 32.9 Å². The number of amides is 1. The first-order chi connectivity index (χ1) is 17.9. The Hall–Kier alpha value is -2.21. The van der Waals surface area contributed by atoms with E-state index >= 15 is 0 Å². The number of esters is 1. The number of morpholine rings is 1. The van der Waals surface area contributed by atoms with Gasteiger partial charge in [0, 0.05) is 31.3 Å². The molecule has 0 aromatic heterocycles. The maximum Gasteiger partial charge on any atom is 0.338 e. The van der Waals surface area contributed by atoms with E-state index in [2.05, 4.69) is 26.0 Å². The highest BCUT2D eigenvalue weighted by molar-refractivity contribution is 5.90. The third kappa shape index (κ3) is 5.23. The number of unbranched alkanes of at least 4 members (excludes halogenated alkanes) is 1. The van der Waals surface area contributed by atoms with E-state index in [-0.39, 0.29) is 17.3 Å². The van der Waals surface area contributed by atoms with Crippen LogP contribution in [0.3, 0.4) is 0 Å². The molecule has 4 aliphatic rings. The van der Waals surface area contributed by atoms with Gasteiger partial charge in [0.1, 0.15) is 5.78 Å². The molecule has 0 radical (unpaired) electrons. The summed E-state index contributed by atoms with van der Waals surface area (Å²) in [6.45, 7) is 7.45. The summed E-state index contributed by atoms with van der Waals surface area (Å²) in [5.74, 6) is 2.17. The van der Waals surface area contributed by atoms with Crippen molar-refractivity contribution >= 4 is 17.7 Å². The Labute approximate surface area is 221 Å². The number of hydrogen-bond donors (Lipinski definition) is 0. The minimum absolute atomic E-state index is 0.220. The second-order valence-corrected chi connectivity index (χ2v) is 12.0. The zero-order chi connectivity index (χ0) is 26.0. The second kappa shape index (κ2) is 11.3. The fraction of sp³-hybridized carbons (Fsp3) is 0.710. The molecule has 6 nitrogen and oxygen atoms in total. The number of benzene rings is 1. The van der Waals surface area contributed by atoms with Crippen molar-refractivity contribution in [1.29, 1.82) is 0 Å². The molecule has 1 amide bonds. The van der Waals surface area contributed by atoms with Crippen molar-refractivity contribution in [2.45, 2.75) is 84.0 Å². The predicted molar refractivity (Wildman–Crippen MR) is 141 cm³/mol. The van der Waals surface area contributed by atoms with Gasteiger partial charge in [-0.2, -0.15) is 0 Å². The van der Waals surface area contributed by atoms with E-state index in [0.717, 1.165) is 51.4 Å². The lowest BCUT2D eigenvalue weighted by Gasteiger charge is -2.50. The molecule has 5 atom stereocenters. The van der Waals surface area contributed by atoms with Crippen molar-refractivity contribution < 1.29 is 23.9 Å². The maximum absolute atomic E-state index is 13.3. The Morgan fingerprint density at radius 3 is 2.76 bits per heavy atom. The average molecular weight is 510 g/mol. The third-order valence-electron chi connectivity index (χ3n) is 9.87. The molecule has 0 spiro atoms. The van der Waals surface area contributed by atoms with Crippen molar-refractivity contribution in [3.8, 4) is 0 Å². The van der Waals surface area contributed by atoms with Crippen LogP contribution in [0.5, 0.6) is 0 Å². The summed E-state index contributed by atoms with van der Waals surface area (Å²) in [6.07, 6.45) is 8.97. The van der Waals surface area contributed by atoms with Crippen LogP contribution in [0.4, 0.5) is 0 Å². The summed E-state index contributed by atoms with van der Waals surface area (Å²) in [5, 5.41) is 0. The molecular formula is C31H43NO5. The minimum Gasteiger partial charge on any atom is -0.462 e. The van der Waals surface area contributed by atoms with Crippen LogP contribution in [0.1, 0.15) is 99.0 Å². The highest BCUT2D eigenvalue weighted by Gasteiger charge is 2.58. The second-order valence-electron chi connectivity index (χ2n) is 12.0. The van der Waals surface area contributed by atoms with Crippen LogP contribution in [0, 0.1) is 23.2 Å². The molecule has 202 valence electrons. The largest absolute Gasteiger partial charge is 0.462 e. The van der Waals surface area contributed by atoms with Gasteiger partial charge in [-0.1, -0.05) is 26.3 Å². The summed E-state index contributed by atoms with van der Waals surface area (Å²) in [7, 11) is 0. The van der Waals surface area contributed by atoms with Gasteiger partial charge in [0.25, 0.3) is 0 Å². The molecule has 0 unspecified atom stereocenters. The Morgan fingerprint density at radius 2 is 1.97 bits per heavy atom. The fourth-order valence-electron chi connectivity index (χ4n) is 7.91. The molecule has 5 rings (SSSR count). The van der Waals surface area contributed by atoms with Crippen LogP contribution in [-0.4, -0.2) is 55.5 Å². The number of ketones is 1. The van der Waals surface area contributed by atoms with Crippen LogP contribution < -0.4 is 0 Å². The average Bonchev–Trinajstić information content (AvgIpc) is 3.18. The highest BCUT2D eigenvalue weighted by atomic mass is 16.5. The van der Waals surface area contributed by atoms with Gasteiger partial charge in [0.2, 0.25) is 5.91 Å². The van der Waals surface area contributed by atoms with E-state index in [4.69, 9.17) is 9.47 Å². The third-order valence-corrected chi connectivity index (χ3v) is 9.87. The van der Waals surface area contributed by atoms with E-state index in [1.165, 1.54) is 11.1 Å². The lowest BCUT2D eigenvalue weighted by molar-refractivity contribution is -0.135. The zero-order valence-corrected chi connectivity index (χ0v) is 22.6. The minimum atomic E-state index is -0.222. The Morgan fingerprint density at radius 1 is 1.16 bits per heavy atom. The molecule has 6 heteroatoms. The van der Waals surface area contributed by atoms with Crippen molar-refractivity contribution in [3.05, 3.63) is 34.9 Å². The topological polar surface area (TPSA) is 72.9 Å². The summed E-state index contributed by atoms with van der Waals surface area (Å²) in [5.41, 5.74) is 3.10. The molecule has 3 aliphatic carbocycles. The van der Waals surface area contributed by atoms with E-state index in [9.17, 15) is 14.4 Å². The van der Waals surface area contributed by atoms with Gasteiger partial charge in [-0.15, -0.1) is 0 Å². The summed E-state index contributed by atoms with van der Waals surface area (Å²) in [4.78, 5) is 40.4. The molecule has 0 bridgehead atoms. The number of Topliss-reactive ketones (excluding diaryl/α,β-unsaturated/α-hetero) is 1. The molecule has 1 heterocycles. The lowest BCUT2D eigenvalue weighted by atomic mass is 9.54. The van der Waals surface area contributed by atoms with E-state index in [1.807, 2.05) is 11.0 Å². The number of aryl methyl sites for hydroxylation is 1. The van der Waals surface area contributed by atoms with Gasteiger partial charge < -0.3 is 14.4 Å². The number of rotatable bonds is 8. The maximum atomic E-state index is 13.3. The van der Waals surface area contributed by atoms with Gasteiger partial charge in [-0.3, -0.25) is 9.59 Å². The number of carbonyl (C=O) groups excluding carboxylic acids is 3. The Balaban J connectivity index is 1.26. The number of ether oxygens (including phenoxy) is 2. The van der Waals surface area contributed by atoms with Crippen LogP contribution in [0.2, 0.25) is 0 Å². The molecule has 2 saturated carbocycles. The first-order valence-electron chi connectivity index (χ1n) is 14.6. The van der Waals surface area contributed by atoms with Crippen molar-refractivity contribution in [1.82, 2.24) is 4.90 Å².